The second-order valence-corrected chi connectivity index (χ2v) is 20.2. The summed E-state index contributed by atoms with van der Waals surface area (Å²) in [5.41, 5.74) is 4.03. The average molecular weight is 526 g/mol. The number of unbranched alkanes of at least 4 members (excludes halogenated alkanes) is 3. The molecule has 162 valence electrons. The number of amides is 1. The van der Waals surface area contributed by atoms with Crippen LogP contribution in [0.4, 0.5) is 4.79 Å². The second-order valence-electron chi connectivity index (χ2n) is 6.18. The van der Waals surface area contributed by atoms with E-state index in [1.807, 2.05) is 0 Å². The third kappa shape index (κ3) is 36.8. The SMILES string of the molecule is CCC[CH2][Sn](/[CH]=C\C(=O)[O-])([CH2]CCC)[CH2]CCC.NC(=O)O.O=P(O)(O)O.[Li+]. The van der Waals surface area contributed by atoms with Gasteiger partial charge in [0.25, 0.3) is 0 Å². The average Bonchev–Trinajstić information content (AvgIpc) is 2.51. The summed E-state index contributed by atoms with van der Waals surface area (Å²) in [4.78, 5) is 41.0. The van der Waals surface area contributed by atoms with Crippen molar-refractivity contribution >= 4 is 38.3 Å². The second kappa shape index (κ2) is 21.7. The third-order valence-corrected chi connectivity index (χ3v) is 17.7. The molecule has 1 amide bonds. The van der Waals surface area contributed by atoms with Crippen molar-refractivity contribution < 1.29 is 57.9 Å². The van der Waals surface area contributed by atoms with Gasteiger partial charge in [-0.2, -0.15) is 0 Å². The smallest absolute Gasteiger partial charge is 0.465 e. The fourth-order valence-electron chi connectivity index (χ4n) is 2.46. The van der Waals surface area contributed by atoms with Crippen LogP contribution in [0, 0.1) is 0 Å². The topological polar surface area (TPSA) is 181 Å². The minimum absolute atomic E-state index is 0. The summed E-state index contributed by atoms with van der Waals surface area (Å²) >= 11 is -2.35. The summed E-state index contributed by atoms with van der Waals surface area (Å²) in [6, 6.07) is 0. The van der Waals surface area contributed by atoms with Crippen LogP contribution in [0.25, 0.3) is 0 Å². The Kier molecular flexibility index (Phi) is 27.4. The van der Waals surface area contributed by atoms with Crippen LogP contribution in [0.5, 0.6) is 0 Å². The molecule has 0 bridgehead atoms. The number of nitrogens with two attached hydrogens (primary N) is 1. The molecule has 28 heavy (non-hydrogen) atoms. The van der Waals surface area contributed by atoms with E-state index in [2.05, 4.69) is 30.6 Å². The van der Waals surface area contributed by atoms with Crippen LogP contribution in [0.2, 0.25) is 13.3 Å². The zero-order valence-corrected chi connectivity index (χ0v) is 21.2. The first-order chi connectivity index (χ1) is 12.3. The molecule has 0 rings (SSSR count). The van der Waals surface area contributed by atoms with E-state index in [0.29, 0.717) is 0 Å². The van der Waals surface area contributed by atoms with Crippen LogP contribution >= 0.6 is 7.82 Å². The largest absolute Gasteiger partial charge is 1.00 e. The standard InChI is InChI=1S/3C4H9.C3H3O2.CH3NO2.Li.H3O4P.Sn/c3*1-3-4-2;1-2-3(4)5;2-1(3)4;;1-5(2,3)4;/h3*1,3-4H2,2H3;1-2H,(H,4,5);2H2,(H,3,4);;(H3,1,2,3,4);/q;;;;;+1;;/p-1. The van der Waals surface area contributed by atoms with Crippen LogP contribution in [-0.2, 0) is 9.36 Å². The Labute approximate surface area is 184 Å². The Hall–Kier alpha value is -0.0139. The summed E-state index contributed by atoms with van der Waals surface area (Å²) in [6.45, 7) is 6.66. The number of hydrogen-bond acceptors (Lipinski definition) is 4. The van der Waals surface area contributed by atoms with Gasteiger partial charge < -0.3 is 25.5 Å². The molecule has 0 aromatic rings. The zero-order chi connectivity index (χ0) is 21.9. The number of carboxylic acids is 1. The molecule has 0 heterocycles. The van der Waals surface area contributed by atoms with Crippen LogP contribution in [0.15, 0.2) is 10.2 Å². The first kappa shape index (κ1) is 35.4. The van der Waals surface area contributed by atoms with Crippen LogP contribution in [0.3, 0.4) is 0 Å². The van der Waals surface area contributed by atoms with E-state index < -0.39 is 38.3 Å². The molecule has 0 atom stereocenters. The fourth-order valence-corrected chi connectivity index (χ4v) is 16.5. The summed E-state index contributed by atoms with van der Waals surface area (Å²) in [6.07, 6.45) is 7.46. The molecular formula is C16H35LiNO8PSn. The minimum Gasteiger partial charge on any atom is -0.465 e. The third-order valence-electron chi connectivity index (χ3n) is 3.66. The summed E-state index contributed by atoms with van der Waals surface area (Å²) in [5, 5.41) is 17.9. The Bertz CT molecular complexity index is 440. The molecule has 6 N–H and O–H groups in total. The number of carbonyl (C=O) groups is 2. The van der Waals surface area contributed by atoms with Gasteiger partial charge in [-0.15, -0.1) is 0 Å². The Morgan fingerprint density at radius 1 is 0.964 bits per heavy atom. The molecule has 0 saturated heterocycles. The van der Waals surface area contributed by atoms with Gasteiger partial charge in [-0.1, -0.05) is 0 Å². The van der Waals surface area contributed by atoms with E-state index in [1.54, 1.807) is 0 Å². The molecule has 0 spiro atoms. The number of aliphatic carboxylic acids is 1. The Morgan fingerprint density at radius 3 is 1.39 bits per heavy atom. The number of carbonyl (C=O) groups excluding carboxylic acids is 1. The number of rotatable bonds is 11. The van der Waals surface area contributed by atoms with Gasteiger partial charge in [0.1, 0.15) is 0 Å². The predicted molar refractivity (Wildman–Crippen MR) is 106 cm³/mol. The van der Waals surface area contributed by atoms with E-state index in [4.69, 9.17) is 29.1 Å². The predicted octanol–water partition coefficient (Wildman–Crippen LogP) is -0.621. The first-order valence-corrected chi connectivity index (χ1v) is 18.3. The van der Waals surface area contributed by atoms with Crippen molar-refractivity contribution in [2.45, 2.75) is 72.6 Å². The van der Waals surface area contributed by atoms with E-state index in [0.717, 1.165) is 0 Å². The summed E-state index contributed by atoms with van der Waals surface area (Å²) in [5.74, 6) is -1.01. The van der Waals surface area contributed by atoms with Gasteiger partial charge in [0, 0.05) is 0 Å². The van der Waals surface area contributed by atoms with Gasteiger partial charge in [-0.05, 0) is 0 Å². The van der Waals surface area contributed by atoms with Gasteiger partial charge >= 0.3 is 150 Å². The molecule has 0 fully saturated rings. The maximum absolute atomic E-state index is 10.7. The van der Waals surface area contributed by atoms with Crippen molar-refractivity contribution in [2.24, 2.45) is 5.73 Å². The van der Waals surface area contributed by atoms with Gasteiger partial charge in [0.2, 0.25) is 0 Å². The molecule has 0 aromatic heterocycles. The first-order valence-electron chi connectivity index (χ1n) is 9.00. The van der Waals surface area contributed by atoms with E-state index in [1.165, 1.54) is 57.9 Å². The molecule has 0 aliphatic heterocycles. The van der Waals surface area contributed by atoms with E-state index in [9.17, 15) is 9.90 Å². The van der Waals surface area contributed by atoms with E-state index in [-0.39, 0.29) is 18.9 Å². The van der Waals surface area contributed by atoms with Crippen molar-refractivity contribution in [1.82, 2.24) is 0 Å². The van der Waals surface area contributed by atoms with Gasteiger partial charge in [0.15, 0.2) is 0 Å². The fraction of sp³-hybridized carbons (Fsp3) is 0.750. The quantitative estimate of drug-likeness (QED) is 0.134. The van der Waals surface area contributed by atoms with Crippen molar-refractivity contribution in [2.75, 3.05) is 0 Å². The number of phosphoric acid groups is 1. The van der Waals surface area contributed by atoms with Crippen LogP contribution in [0.1, 0.15) is 59.3 Å². The van der Waals surface area contributed by atoms with Crippen molar-refractivity contribution in [1.29, 1.82) is 0 Å². The zero-order valence-electron chi connectivity index (χ0n) is 17.5. The van der Waals surface area contributed by atoms with E-state index >= 15 is 0 Å². The normalized spacial score (nSPS) is 10.8. The number of carboxylic acid groups (broad SMARTS) is 2. The number of primary amides is 1. The molecule has 0 radical (unpaired) electrons. The molecular weight excluding hydrogens is 491 g/mol. The van der Waals surface area contributed by atoms with Crippen LogP contribution in [-0.4, -0.2) is 50.2 Å². The minimum atomic E-state index is -4.64. The maximum atomic E-state index is 10.7. The molecule has 0 saturated carbocycles. The van der Waals surface area contributed by atoms with Gasteiger partial charge in [-0.25, -0.2) is 9.36 Å². The molecule has 0 aliphatic carbocycles. The molecule has 12 heteroatoms. The Balaban J connectivity index is -0.000000240. The summed E-state index contributed by atoms with van der Waals surface area (Å²) in [7, 11) is -4.64. The number of hydrogen-bond donors (Lipinski definition) is 5. The van der Waals surface area contributed by atoms with Crippen molar-refractivity contribution in [3.63, 3.8) is 0 Å². The Morgan fingerprint density at radius 2 is 1.21 bits per heavy atom. The summed E-state index contributed by atoms with van der Waals surface area (Å²) < 4.78 is 15.0. The van der Waals surface area contributed by atoms with Crippen molar-refractivity contribution in [3.8, 4) is 0 Å². The molecule has 0 aromatic carbocycles. The van der Waals surface area contributed by atoms with Crippen LogP contribution < -0.4 is 29.7 Å². The maximum Gasteiger partial charge on any atom is 1.00 e. The monoisotopic (exact) mass is 527 g/mol. The molecule has 0 unspecified atom stereocenters. The van der Waals surface area contributed by atoms with Crippen molar-refractivity contribution in [3.05, 3.63) is 10.2 Å². The van der Waals surface area contributed by atoms with Gasteiger partial charge in [0.05, 0.1) is 0 Å². The molecule has 0 aliphatic rings. The van der Waals surface area contributed by atoms with Gasteiger partial charge in [-0.3, -0.25) is 0 Å². The molecule has 9 nitrogen and oxygen atoms in total.